The van der Waals surface area contributed by atoms with Crippen LogP contribution in [0.2, 0.25) is 0 Å². The fraction of sp³-hybridized carbons (Fsp3) is 1.00. The van der Waals surface area contributed by atoms with Crippen LogP contribution in [0.4, 0.5) is 0 Å². The van der Waals surface area contributed by atoms with Gasteiger partial charge in [0.15, 0.2) is 0 Å². The molecule has 4 nitrogen and oxygen atoms in total. The summed E-state index contributed by atoms with van der Waals surface area (Å²) in [5.41, 5.74) is 4.99. The molecule has 2 saturated heterocycles. The minimum Gasteiger partial charge on any atom is -0.388 e. The molecule has 2 rings (SSSR count). The molecule has 4 heteroatoms. The molecule has 2 aliphatic rings. The van der Waals surface area contributed by atoms with Gasteiger partial charge in [-0.3, -0.25) is 0 Å². The standard InChI is InChI=1S/C10H20N2O2/c1-12-4-2-10(13,7-12)9(6-11)3-5-14-8-9/h13H,2-8,11H2,1H3. The van der Waals surface area contributed by atoms with Gasteiger partial charge in [0, 0.05) is 31.7 Å². The lowest BCUT2D eigenvalue weighted by atomic mass is 9.70. The first-order valence-electron chi connectivity index (χ1n) is 5.31. The second kappa shape index (κ2) is 3.45. The van der Waals surface area contributed by atoms with E-state index in [9.17, 15) is 5.11 Å². The lowest BCUT2D eigenvalue weighted by Crippen LogP contribution is -2.54. The topological polar surface area (TPSA) is 58.7 Å². The van der Waals surface area contributed by atoms with Crippen molar-refractivity contribution >= 4 is 0 Å². The lowest BCUT2D eigenvalue weighted by Gasteiger charge is -2.40. The monoisotopic (exact) mass is 200 g/mol. The molecule has 3 N–H and O–H groups in total. The van der Waals surface area contributed by atoms with Gasteiger partial charge >= 0.3 is 0 Å². The van der Waals surface area contributed by atoms with Crippen molar-refractivity contribution in [1.82, 2.24) is 4.90 Å². The maximum Gasteiger partial charge on any atom is 0.0876 e. The maximum atomic E-state index is 10.6. The Morgan fingerprint density at radius 3 is 2.71 bits per heavy atom. The summed E-state index contributed by atoms with van der Waals surface area (Å²) in [6, 6.07) is 0. The number of rotatable bonds is 2. The number of nitrogens with zero attached hydrogens (tertiary/aromatic N) is 1. The SMILES string of the molecule is CN1CCC(O)(C2(CN)CCOC2)C1. The molecule has 2 aliphatic heterocycles. The van der Waals surface area contributed by atoms with Crippen molar-refractivity contribution in [3.05, 3.63) is 0 Å². The summed E-state index contributed by atoms with van der Waals surface area (Å²) in [5, 5.41) is 10.6. The summed E-state index contributed by atoms with van der Waals surface area (Å²) in [6.07, 6.45) is 1.72. The molecule has 82 valence electrons. The van der Waals surface area contributed by atoms with Crippen LogP contribution >= 0.6 is 0 Å². The third kappa shape index (κ3) is 1.37. The predicted molar refractivity (Wildman–Crippen MR) is 54.0 cm³/mol. The Morgan fingerprint density at radius 2 is 2.29 bits per heavy atom. The van der Waals surface area contributed by atoms with E-state index < -0.39 is 5.60 Å². The van der Waals surface area contributed by atoms with E-state index in [4.69, 9.17) is 10.5 Å². The number of hydrogen-bond acceptors (Lipinski definition) is 4. The van der Waals surface area contributed by atoms with Gasteiger partial charge in [-0.1, -0.05) is 0 Å². The number of likely N-dealkylation sites (tertiary alicyclic amines) is 1. The number of ether oxygens (including phenoxy) is 1. The van der Waals surface area contributed by atoms with Crippen molar-refractivity contribution in [2.24, 2.45) is 11.1 Å². The van der Waals surface area contributed by atoms with Gasteiger partial charge in [0.05, 0.1) is 12.2 Å². The van der Waals surface area contributed by atoms with Crippen molar-refractivity contribution in [3.8, 4) is 0 Å². The molecule has 2 atom stereocenters. The summed E-state index contributed by atoms with van der Waals surface area (Å²) in [7, 11) is 2.04. The number of likely N-dealkylation sites (N-methyl/N-ethyl adjacent to an activating group) is 1. The first kappa shape index (κ1) is 10.4. The van der Waals surface area contributed by atoms with Gasteiger partial charge in [0.2, 0.25) is 0 Å². The zero-order valence-corrected chi connectivity index (χ0v) is 8.83. The van der Waals surface area contributed by atoms with Crippen LogP contribution < -0.4 is 5.73 Å². The molecular weight excluding hydrogens is 180 g/mol. The van der Waals surface area contributed by atoms with E-state index in [1.54, 1.807) is 0 Å². The Bertz CT molecular complexity index is 216. The Morgan fingerprint density at radius 1 is 1.50 bits per heavy atom. The molecule has 0 saturated carbocycles. The highest BCUT2D eigenvalue weighted by atomic mass is 16.5. The van der Waals surface area contributed by atoms with E-state index in [1.807, 2.05) is 7.05 Å². The van der Waals surface area contributed by atoms with E-state index in [0.29, 0.717) is 13.2 Å². The van der Waals surface area contributed by atoms with Crippen LogP contribution in [-0.4, -0.2) is 55.5 Å². The van der Waals surface area contributed by atoms with Crippen LogP contribution in [-0.2, 0) is 4.74 Å². The van der Waals surface area contributed by atoms with Crippen LogP contribution in [0.1, 0.15) is 12.8 Å². The highest BCUT2D eigenvalue weighted by Crippen LogP contribution is 2.43. The number of β-amino-alcohol motifs (C(OH)–C–C–N with tert-alkyl or cyclic N) is 1. The van der Waals surface area contributed by atoms with E-state index in [2.05, 4.69) is 4.90 Å². The summed E-state index contributed by atoms with van der Waals surface area (Å²) >= 11 is 0. The van der Waals surface area contributed by atoms with E-state index >= 15 is 0 Å². The van der Waals surface area contributed by atoms with Crippen LogP contribution in [0.3, 0.4) is 0 Å². The minimum absolute atomic E-state index is 0.197. The van der Waals surface area contributed by atoms with Crippen LogP contribution in [0, 0.1) is 5.41 Å². The molecule has 0 aromatic rings. The van der Waals surface area contributed by atoms with Gasteiger partial charge in [-0.05, 0) is 19.9 Å². The molecule has 2 unspecified atom stereocenters. The van der Waals surface area contributed by atoms with Gasteiger partial charge in [0.1, 0.15) is 0 Å². The number of aliphatic hydroxyl groups is 1. The summed E-state index contributed by atoms with van der Waals surface area (Å²) in [5.74, 6) is 0. The van der Waals surface area contributed by atoms with Gasteiger partial charge in [0.25, 0.3) is 0 Å². The highest BCUT2D eigenvalue weighted by Gasteiger charge is 2.54. The number of hydrogen-bond donors (Lipinski definition) is 2. The zero-order valence-electron chi connectivity index (χ0n) is 8.83. The first-order valence-corrected chi connectivity index (χ1v) is 5.31. The number of nitrogens with two attached hydrogens (primary N) is 1. The summed E-state index contributed by atoms with van der Waals surface area (Å²) in [4.78, 5) is 2.16. The fourth-order valence-electron chi connectivity index (χ4n) is 2.74. The third-order valence-corrected chi connectivity index (χ3v) is 3.92. The summed E-state index contributed by atoms with van der Waals surface area (Å²) < 4.78 is 5.41. The lowest BCUT2D eigenvalue weighted by molar-refractivity contribution is -0.0726. The molecule has 0 bridgehead atoms. The molecule has 0 aliphatic carbocycles. The average molecular weight is 200 g/mol. The second-order valence-electron chi connectivity index (χ2n) is 4.81. The molecule has 0 spiro atoms. The Hall–Kier alpha value is -0.160. The Balaban J connectivity index is 2.18. The molecule has 14 heavy (non-hydrogen) atoms. The molecule has 2 heterocycles. The van der Waals surface area contributed by atoms with E-state index in [-0.39, 0.29) is 5.41 Å². The van der Waals surface area contributed by atoms with Gasteiger partial charge in [-0.25, -0.2) is 0 Å². The van der Waals surface area contributed by atoms with Crippen molar-refractivity contribution in [3.63, 3.8) is 0 Å². The van der Waals surface area contributed by atoms with Crippen molar-refractivity contribution < 1.29 is 9.84 Å². The van der Waals surface area contributed by atoms with Gasteiger partial charge in [-0.2, -0.15) is 0 Å². The molecule has 0 aromatic carbocycles. The molecule has 0 radical (unpaired) electrons. The van der Waals surface area contributed by atoms with Crippen molar-refractivity contribution in [1.29, 1.82) is 0 Å². The van der Waals surface area contributed by atoms with E-state index in [1.165, 1.54) is 0 Å². The zero-order chi connectivity index (χ0) is 10.2. The predicted octanol–water partition coefficient (Wildman–Crippen LogP) is -0.582. The van der Waals surface area contributed by atoms with Crippen molar-refractivity contribution in [2.45, 2.75) is 18.4 Å². The quantitative estimate of drug-likeness (QED) is 0.626. The van der Waals surface area contributed by atoms with E-state index in [0.717, 1.165) is 32.5 Å². The second-order valence-corrected chi connectivity index (χ2v) is 4.81. The van der Waals surface area contributed by atoms with Crippen molar-refractivity contribution in [2.75, 3.05) is 39.9 Å². The summed E-state index contributed by atoms with van der Waals surface area (Å²) in [6.45, 7) is 3.57. The Labute approximate surface area is 85.0 Å². The van der Waals surface area contributed by atoms with Crippen LogP contribution in [0.25, 0.3) is 0 Å². The third-order valence-electron chi connectivity index (χ3n) is 3.92. The van der Waals surface area contributed by atoms with Crippen LogP contribution in [0.5, 0.6) is 0 Å². The normalized spacial score (nSPS) is 44.8. The van der Waals surface area contributed by atoms with Crippen LogP contribution in [0.15, 0.2) is 0 Å². The largest absolute Gasteiger partial charge is 0.388 e. The average Bonchev–Trinajstić information content (AvgIpc) is 2.74. The first-order chi connectivity index (χ1) is 6.62. The smallest absolute Gasteiger partial charge is 0.0876 e. The molecular formula is C10H20N2O2. The minimum atomic E-state index is -0.632. The van der Waals surface area contributed by atoms with Gasteiger partial charge in [-0.15, -0.1) is 0 Å². The fourth-order valence-corrected chi connectivity index (χ4v) is 2.74. The maximum absolute atomic E-state index is 10.6. The highest BCUT2D eigenvalue weighted by molar-refractivity contribution is 5.06. The molecule has 2 fully saturated rings. The van der Waals surface area contributed by atoms with Gasteiger partial charge < -0.3 is 20.5 Å². The Kier molecular flexibility index (Phi) is 2.55. The molecule has 0 aromatic heterocycles. The molecule has 0 amide bonds.